The molecule has 0 saturated heterocycles. The number of benzene rings is 1. The Labute approximate surface area is 151 Å². The summed E-state index contributed by atoms with van der Waals surface area (Å²) in [4.78, 5) is 35.7. The molecule has 0 aliphatic heterocycles. The molecule has 134 valence electrons. The third-order valence-electron chi connectivity index (χ3n) is 4.19. The summed E-state index contributed by atoms with van der Waals surface area (Å²) in [6.07, 6.45) is 7.27. The van der Waals surface area contributed by atoms with Crippen molar-refractivity contribution in [1.29, 1.82) is 0 Å². The van der Waals surface area contributed by atoms with Crippen molar-refractivity contribution in [3.63, 3.8) is 0 Å². The van der Waals surface area contributed by atoms with Crippen LogP contribution in [0.5, 0.6) is 0 Å². The summed E-state index contributed by atoms with van der Waals surface area (Å²) >= 11 is 0. The van der Waals surface area contributed by atoms with E-state index in [-0.39, 0.29) is 11.6 Å². The van der Waals surface area contributed by atoms with E-state index in [0.717, 1.165) is 17.5 Å². The number of imidazole rings is 1. The van der Waals surface area contributed by atoms with Crippen molar-refractivity contribution >= 4 is 5.91 Å². The van der Waals surface area contributed by atoms with Crippen LogP contribution in [-0.4, -0.2) is 31.5 Å². The zero-order valence-electron chi connectivity index (χ0n) is 14.8. The molecule has 2 heterocycles. The van der Waals surface area contributed by atoms with E-state index in [4.69, 9.17) is 0 Å². The van der Waals surface area contributed by atoms with Crippen molar-refractivity contribution in [2.24, 2.45) is 0 Å². The second kappa shape index (κ2) is 7.77. The topological polar surface area (TPSA) is 92.7 Å². The van der Waals surface area contributed by atoms with Gasteiger partial charge < -0.3 is 14.9 Å². The lowest BCUT2D eigenvalue weighted by atomic mass is 10.1. The lowest BCUT2D eigenvalue weighted by Crippen LogP contribution is -2.39. The Morgan fingerprint density at radius 2 is 2.08 bits per heavy atom. The van der Waals surface area contributed by atoms with Crippen molar-refractivity contribution in [1.82, 2.24) is 24.8 Å². The fourth-order valence-electron chi connectivity index (χ4n) is 2.60. The monoisotopic (exact) mass is 351 g/mol. The Kier molecular flexibility index (Phi) is 5.26. The van der Waals surface area contributed by atoms with Crippen LogP contribution >= 0.6 is 0 Å². The first-order valence-electron chi connectivity index (χ1n) is 8.49. The number of rotatable bonds is 6. The molecule has 1 aromatic carbocycles. The predicted molar refractivity (Wildman–Crippen MR) is 98.8 cm³/mol. The summed E-state index contributed by atoms with van der Waals surface area (Å²) < 4.78 is 1.89. The number of carbonyl (C=O) groups is 1. The average Bonchev–Trinajstić information content (AvgIpc) is 3.14. The summed E-state index contributed by atoms with van der Waals surface area (Å²) in [7, 11) is 0. The van der Waals surface area contributed by atoms with Gasteiger partial charge in [-0.3, -0.25) is 9.59 Å². The van der Waals surface area contributed by atoms with E-state index < -0.39 is 11.5 Å². The van der Waals surface area contributed by atoms with Gasteiger partial charge in [0.05, 0.1) is 6.33 Å². The molecule has 2 aromatic heterocycles. The highest BCUT2D eigenvalue weighted by molar-refractivity contribution is 5.93. The van der Waals surface area contributed by atoms with Crippen LogP contribution in [0, 0.1) is 6.92 Å². The molecule has 0 saturated carbocycles. The quantitative estimate of drug-likeness (QED) is 0.712. The summed E-state index contributed by atoms with van der Waals surface area (Å²) in [6.45, 7) is 4.56. The highest BCUT2D eigenvalue weighted by Gasteiger charge is 2.16. The largest absolute Gasteiger partial charge is 0.347 e. The van der Waals surface area contributed by atoms with E-state index in [1.807, 2.05) is 48.9 Å². The van der Waals surface area contributed by atoms with Crippen molar-refractivity contribution in [3.05, 3.63) is 70.7 Å². The number of aryl methyl sites for hydroxylation is 1. The SMILES string of the molecule is CC[C@@H](Cn1ccnc1)NC(=O)c1cnc(-c2ccc(C)cc2)[nH]c1=O. The number of nitrogens with one attached hydrogen (secondary N) is 2. The lowest BCUT2D eigenvalue weighted by Gasteiger charge is -2.17. The number of hydrogen-bond donors (Lipinski definition) is 2. The van der Waals surface area contributed by atoms with Crippen LogP contribution in [0.25, 0.3) is 11.4 Å². The molecule has 0 aliphatic rings. The normalized spacial score (nSPS) is 11.9. The average molecular weight is 351 g/mol. The van der Waals surface area contributed by atoms with E-state index in [1.54, 1.807) is 12.5 Å². The first-order chi connectivity index (χ1) is 12.6. The van der Waals surface area contributed by atoms with Crippen molar-refractivity contribution in [2.45, 2.75) is 32.9 Å². The molecule has 1 amide bonds. The summed E-state index contributed by atoms with van der Waals surface area (Å²) in [5, 5.41) is 2.88. The second-order valence-corrected chi connectivity index (χ2v) is 6.18. The lowest BCUT2D eigenvalue weighted by molar-refractivity contribution is 0.0930. The first-order valence-corrected chi connectivity index (χ1v) is 8.49. The minimum Gasteiger partial charge on any atom is -0.347 e. The summed E-state index contributed by atoms with van der Waals surface area (Å²) in [6, 6.07) is 7.54. The molecule has 3 rings (SSSR count). The number of carbonyl (C=O) groups excluding carboxylic acids is 1. The number of aromatic amines is 1. The summed E-state index contributed by atoms with van der Waals surface area (Å²) in [5.41, 5.74) is 1.47. The fraction of sp³-hybridized carbons (Fsp3) is 0.263. The van der Waals surface area contributed by atoms with Gasteiger partial charge in [-0.2, -0.15) is 0 Å². The fourth-order valence-corrected chi connectivity index (χ4v) is 2.60. The van der Waals surface area contributed by atoms with Gasteiger partial charge in [0.15, 0.2) is 0 Å². The Morgan fingerprint density at radius 3 is 2.69 bits per heavy atom. The molecule has 2 N–H and O–H groups in total. The first kappa shape index (κ1) is 17.6. The van der Waals surface area contributed by atoms with Crippen LogP contribution in [0.4, 0.5) is 0 Å². The number of aromatic nitrogens is 4. The number of hydrogen-bond acceptors (Lipinski definition) is 4. The van der Waals surface area contributed by atoms with Gasteiger partial charge in [-0.05, 0) is 13.3 Å². The van der Waals surface area contributed by atoms with Crippen LogP contribution < -0.4 is 10.9 Å². The number of H-pyrrole nitrogens is 1. The molecular weight excluding hydrogens is 330 g/mol. The van der Waals surface area contributed by atoms with Gasteiger partial charge in [-0.25, -0.2) is 9.97 Å². The highest BCUT2D eigenvalue weighted by atomic mass is 16.2. The molecule has 0 unspecified atom stereocenters. The van der Waals surface area contributed by atoms with E-state index in [1.165, 1.54) is 6.20 Å². The van der Waals surface area contributed by atoms with Gasteiger partial charge in [0.25, 0.3) is 11.5 Å². The third-order valence-corrected chi connectivity index (χ3v) is 4.19. The van der Waals surface area contributed by atoms with Crippen LogP contribution in [0.2, 0.25) is 0 Å². The summed E-state index contributed by atoms with van der Waals surface area (Å²) in [5.74, 6) is 0.0122. The van der Waals surface area contributed by atoms with Gasteiger partial charge >= 0.3 is 0 Å². The van der Waals surface area contributed by atoms with E-state index in [2.05, 4.69) is 20.3 Å². The van der Waals surface area contributed by atoms with E-state index in [9.17, 15) is 9.59 Å². The minimum absolute atomic E-state index is 0.00458. The van der Waals surface area contributed by atoms with Crippen molar-refractivity contribution in [3.8, 4) is 11.4 Å². The predicted octanol–water partition coefficient (Wildman–Crippen LogP) is 2.15. The second-order valence-electron chi connectivity index (χ2n) is 6.18. The smallest absolute Gasteiger partial charge is 0.264 e. The van der Waals surface area contributed by atoms with Crippen LogP contribution in [0.15, 0.2) is 54.0 Å². The van der Waals surface area contributed by atoms with Crippen LogP contribution in [-0.2, 0) is 6.54 Å². The number of nitrogens with zero attached hydrogens (tertiary/aromatic N) is 3. The number of amides is 1. The Bertz CT molecular complexity index is 929. The molecule has 0 bridgehead atoms. The van der Waals surface area contributed by atoms with Gasteiger partial charge in [0.2, 0.25) is 0 Å². The zero-order chi connectivity index (χ0) is 18.5. The Hall–Kier alpha value is -3.22. The maximum absolute atomic E-state index is 12.5. The maximum Gasteiger partial charge on any atom is 0.264 e. The molecule has 7 nitrogen and oxygen atoms in total. The molecule has 26 heavy (non-hydrogen) atoms. The molecule has 0 radical (unpaired) electrons. The van der Waals surface area contributed by atoms with E-state index >= 15 is 0 Å². The Morgan fingerprint density at radius 1 is 1.31 bits per heavy atom. The molecule has 7 heteroatoms. The molecule has 0 spiro atoms. The van der Waals surface area contributed by atoms with Gasteiger partial charge in [-0.15, -0.1) is 0 Å². The third kappa shape index (κ3) is 4.05. The van der Waals surface area contributed by atoms with Crippen molar-refractivity contribution in [2.75, 3.05) is 0 Å². The zero-order valence-corrected chi connectivity index (χ0v) is 14.8. The molecular formula is C19H21N5O2. The van der Waals surface area contributed by atoms with Gasteiger partial charge in [0, 0.05) is 36.7 Å². The van der Waals surface area contributed by atoms with Crippen LogP contribution in [0.1, 0.15) is 29.3 Å². The molecule has 1 atom stereocenters. The van der Waals surface area contributed by atoms with Crippen molar-refractivity contribution < 1.29 is 4.79 Å². The standard InChI is InChI=1S/C19H21N5O2/c1-3-15(11-24-9-8-20-12-24)22-18(25)16-10-21-17(23-19(16)26)14-6-4-13(2)5-7-14/h4-10,12,15H,3,11H2,1-2H3,(H,22,25)(H,21,23,26)/t15-/m0/s1. The van der Waals surface area contributed by atoms with Gasteiger partial charge in [0.1, 0.15) is 11.4 Å². The minimum atomic E-state index is -0.453. The van der Waals surface area contributed by atoms with Gasteiger partial charge in [-0.1, -0.05) is 36.8 Å². The molecule has 3 aromatic rings. The molecule has 0 aliphatic carbocycles. The molecule has 0 fully saturated rings. The van der Waals surface area contributed by atoms with E-state index in [0.29, 0.717) is 12.4 Å². The highest BCUT2D eigenvalue weighted by Crippen LogP contribution is 2.13. The Balaban J connectivity index is 1.75. The maximum atomic E-state index is 12.5. The van der Waals surface area contributed by atoms with Crippen LogP contribution in [0.3, 0.4) is 0 Å².